The molecule has 0 saturated carbocycles. The molecule has 1 N–H and O–H groups in total. The minimum atomic E-state index is -0.187. The predicted molar refractivity (Wildman–Crippen MR) is 42.8 cm³/mol. The van der Waals surface area contributed by atoms with Gasteiger partial charge in [0.15, 0.2) is 0 Å². The van der Waals surface area contributed by atoms with Gasteiger partial charge in [-0.25, -0.2) is 0 Å². The van der Waals surface area contributed by atoms with Crippen LogP contribution >= 0.6 is 0 Å². The highest BCUT2D eigenvalue weighted by atomic mass is 16.3. The number of aliphatic hydroxyl groups is 1. The molecule has 0 saturated heterocycles. The van der Waals surface area contributed by atoms with Gasteiger partial charge in [0, 0.05) is 0 Å². The molecule has 1 rings (SSSR count). The molecular formula is C9H16O. The van der Waals surface area contributed by atoms with Gasteiger partial charge in [-0.05, 0) is 25.2 Å². The van der Waals surface area contributed by atoms with Crippen molar-refractivity contribution in [1.82, 2.24) is 0 Å². The third-order valence-electron chi connectivity index (χ3n) is 2.58. The third kappa shape index (κ3) is 1.40. The van der Waals surface area contributed by atoms with Crippen LogP contribution in [0.15, 0.2) is 11.6 Å². The summed E-state index contributed by atoms with van der Waals surface area (Å²) in [6, 6.07) is 0. The fourth-order valence-electron chi connectivity index (χ4n) is 1.30. The number of hydrogen-bond acceptors (Lipinski definition) is 1. The van der Waals surface area contributed by atoms with Crippen molar-refractivity contribution in [3.05, 3.63) is 11.6 Å². The van der Waals surface area contributed by atoms with Crippen molar-refractivity contribution in [2.24, 2.45) is 5.41 Å². The van der Waals surface area contributed by atoms with Gasteiger partial charge in [-0.2, -0.15) is 0 Å². The Morgan fingerprint density at radius 3 is 2.60 bits per heavy atom. The lowest BCUT2D eigenvalue weighted by atomic mass is 9.76. The maximum atomic E-state index is 9.24. The second-order valence-corrected chi connectivity index (χ2v) is 3.84. The highest BCUT2D eigenvalue weighted by Gasteiger charge is 2.25. The zero-order valence-electron chi connectivity index (χ0n) is 7.02. The second kappa shape index (κ2) is 2.39. The summed E-state index contributed by atoms with van der Waals surface area (Å²) in [5.41, 5.74) is 1.64. The molecule has 1 heteroatoms. The smallest absolute Gasteiger partial charge is 0.0723 e. The summed E-state index contributed by atoms with van der Waals surface area (Å²) in [6.45, 7) is 6.55. The van der Waals surface area contributed by atoms with E-state index in [0.717, 1.165) is 12.8 Å². The maximum Gasteiger partial charge on any atom is 0.0723 e. The van der Waals surface area contributed by atoms with E-state index in [0.29, 0.717) is 5.41 Å². The average Bonchev–Trinajstić information content (AvgIpc) is 1.81. The van der Waals surface area contributed by atoms with Gasteiger partial charge in [-0.3, -0.25) is 0 Å². The first kappa shape index (κ1) is 7.80. The number of rotatable bonds is 0. The first-order valence-electron chi connectivity index (χ1n) is 3.89. The molecule has 0 amide bonds. The molecule has 0 fully saturated rings. The molecule has 0 radical (unpaired) electrons. The van der Waals surface area contributed by atoms with Crippen LogP contribution in [-0.2, 0) is 0 Å². The summed E-state index contributed by atoms with van der Waals surface area (Å²) in [6.07, 6.45) is 3.82. The molecule has 10 heavy (non-hydrogen) atoms. The van der Waals surface area contributed by atoms with Crippen molar-refractivity contribution < 1.29 is 5.11 Å². The van der Waals surface area contributed by atoms with Crippen LogP contribution in [0.5, 0.6) is 0 Å². The van der Waals surface area contributed by atoms with Crippen molar-refractivity contribution in [2.45, 2.75) is 39.7 Å². The lowest BCUT2D eigenvalue weighted by molar-refractivity contribution is 0.174. The molecule has 0 spiro atoms. The van der Waals surface area contributed by atoms with Gasteiger partial charge in [0.25, 0.3) is 0 Å². The van der Waals surface area contributed by atoms with E-state index in [2.05, 4.69) is 20.8 Å². The van der Waals surface area contributed by atoms with E-state index in [1.165, 1.54) is 5.57 Å². The summed E-state index contributed by atoms with van der Waals surface area (Å²) in [5, 5.41) is 9.24. The lowest BCUT2D eigenvalue weighted by Crippen LogP contribution is -2.22. The van der Waals surface area contributed by atoms with Crippen LogP contribution in [0.4, 0.5) is 0 Å². The van der Waals surface area contributed by atoms with Gasteiger partial charge in [0.2, 0.25) is 0 Å². The van der Waals surface area contributed by atoms with Gasteiger partial charge >= 0.3 is 0 Å². The van der Waals surface area contributed by atoms with E-state index < -0.39 is 0 Å². The highest BCUT2D eigenvalue weighted by Crippen LogP contribution is 2.35. The molecule has 1 aliphatic rings. The largest absolute Gasteiger partial charge is 0.389 e. The van der Waals surface area contributed by atoms with Gasteiger partial charge in [-0.1, -0.05) is 25.5 Å². The monoisotopic (exact) mass is 140 g/mol. The quantitative estimate of drug-likeness (QED) is 0.511. The van der Waals surface area contributed by atoms with Gasteiger partial charge in [0.05, 0.1) is 6.10 Å². The zero-order chi connectivity index (χ0) is 7.78. The molecule has 1 atom stereocenters. The Balaban J connectivity index is 2.78. The van der Waals surface area contributed by atoms with Crippen LogP contribution in [-0.4, -0.2) is 11.2 Å². The van der Waals surface area contributed by atoms with Gasteiger partial charge in [-0.15, -0.1) is 0 Å². The molecule has 1 nitrogen and oxygen atoms in total. The number of hydrogen-bond donors (Lipinski definition) is 1. The van der Waals surface area contributed by atoms with Crippen molar-refractivity contribution in [1.29, 1.82) is 0 Å². The first-order valence-corrected chi connectivity index (χ1v) is 3.89. The molecule has 0 aromatic rings. The van der Waals surface area contributed by atoms with E-state index in [1.807, 2.05) is 6.08 Å². The zero-order valence-corrected chi connectivity index (χ0v) is 7.02. The fraction of sp³-hybridized carbons (Fsp3) is 0.778. The minimum Gasteiger partial charge on any atom is -0.389 e. The molecule has 0 heterocycles. The molecule has 0 bridgehead atoms. The van der Waals surface area contributed by atoms with Crippen LogP contribution < -0.4 is 0 Å². The SMILES string of the molecule is CC1=C[C@H](O)CCC1(C)C. The lowest BCUT2D eigenvalue weighted by Gasteiger charge is -2.31. The second-order valence-electron chi connectivity index (χ2n) is 3.84. The van der Waals surface area contributed by atoms with Crippen molar-refractivity contribution in [3.63, 3.8) is 0 Å². The third-order valence-corrected chi connectivity index (χ3v) is 2.58. The first-order chi connectivity index (χ1) is 4.52. The summed E-state index contributed by atoms with van der Waals surface area (Å²) >= 11 is 0. The van der Waals surface area contributed by atoms with Crippen molar-refractivity contribution in [3.8, 4) is 0 Å². The Bertz CT molecular complexity index is 156. The van der Waals surface area contributed by atoms with Crippen LogP contribution in [0.3, 0.4) is 0 Å². The Kier molecular flexibility index (Phi) is 1.86. The number of allylic oxidation sites excluding steroid dienone is 1. The summed E-state index contributed by atoms with van der Waals surface area (Å²) in [4.78, 5) is 0. The normalized spacial score (nSPS) is 31.6. The van der Waals surface area contributed by atoms with E-state index in [9.17, 15) is 5.11 Å². The maximum absolute atomic E-state index is 9.24. The number of aliphatic hydroxyl groups excluding tert-OH is 1. The summed E-state index contributed by atoms with van der Waals surface area (Å²) in [7, 11) is 0. The molecule has 0 aromatic carbocycles. The van der Waals surface area contributed by atoms with Crippen LogP contribution in [0, 0.1) is 5.41 Å². The molecule has 0 unspecified atom stereocenters. The average molecular weight is 140 g/mol. The van der Waals surface area contributed by atoms with Gasteiger partial charge < -0.3 is 5.11 Å². The summed E-state index contributed by atoms with van der Waals surface area (Å²) in [5.74, 6) is 0. The van der Waals surface area contributed by atoms with E-state index in [4.69, 9.17) is 0 Å². The minimum absolute atomic E-state index is 0.187. The molecule has 0 aromatic heterocycles. The molecular weight excluding hydrogens is 124 g/mol. The molecule has 58 valence electrons. The fourth-order valence-corrected chi connectivity index (χ4v) is 1.30. The Morgan fingerprint density at radius 1 is 1.60 bits per heavy atom. The Labute approximate surface area is 62.8 Å². The molecule has 0 aliphatic heterocycles. The van der Waals surface area contributed by atoms with Crippen LogP contribution in [0.25, 0.3) is 0 Å². The van der Waals surface area contributed by atoms with Gasteiger partial charge in [0.1, 0.15) is 0 Å². The van der Waals surface area contributed by atoms with E-state index in [-0.39, 0.29) is 6.10 Å². The highest BCUT2D eigenvalue weighted by molar-refractivity contribution is 5.14. The standard InChI is InChI=1S/C9H16O/c1-7-6-8(10)4-5-9(7,2)3/h6,8,10H,4-5H2,1-3H3/t8-/m1/s1. The Morgan fingerprint density at radius 2 is 2.20 bits per heavy atom. The van der Waals surface area contributed by atoms with Crippen molar-refractivity contribution in [2.75, 3.05) is 0 Å². The Hall–Kier alpha value is -0.300. The van der Waals surface area contributed by atoms with Crippen LogP contribution in [0.2, 0.25) is 0 Å². The van der Waals surface area contributed by atoms with Crippen LogP contribution in [0.1, 0.15) is 33.6 Å². The van der Waals surface area contributed by atoms with Crippen molar-refractivity contribution >= 4 is 0 Å². The van der Waals surface area contributed by atoms with E-state index >= 15 is 0 Å². The summed E-state index contributed by atoms with van der Waals surface area (Å²) < 4.78 is 0. The topological polar surface area (TPSA) is 20.2 Å². The predicted octanol–water partition coefficient (Wildman–Crippen LogP) is 2.11. The van der Waals surface area contributed by atoms with E-state index in [1.54, 1.807) is 0 Å². The molecule has 1 aliphatic carbocycles.